The maximum atomic E-state index is 13.1. The third-order valence-electron chi connectivity index (χ3n) is 9.01. The lowest BCUT2D eigenvalue weighted by Crippen LogP contribution is -2.54. The Morgan fingerprint density at radius 2 is 1.87 bits per heavy atom. The number of allylic oxidation sites excluding steroid dienone is 1. The van der Waals surface area contributed by atoms with Crippen LogP contribution in [0.3, 0.4) is 0 Å². The van der Waals surface area contributed by atoms with Crippen molar-refractivity contribution in [3.8, 4) is 5.75 Å². The lowest BCUT2D eigenvalue weighted by Gasteiger charge is -2.32. The minimum absolute atomic E-state index is 0.0917. The Hall–Kier alpha value is -5.13. The number of aromatic nitrogens is 2. The first-order chi connectivity index (χ1) is 22.4. The van der Waals surface area contributed by atoms with E-state index in [-0.39, 0.29) is 30.0 Å². The molecule has 3 fully saturated rings. The zero-order valence-corrected chi connectivity index (χ0v) is 25.3. The molecule has 12 nitrogen and oxygen atoms in total. The lowest BCUT2D eigenvalue weighted by molar-refractivity contribution is -0.136. The van der Waals surface area contributed by atoms with Crippen LogP contribution in [0.4, 0.5) is 5.69 Å². The van der Waals surface area contributed by atoms with Crippen molar-refractivity contribution in [2.45, 2.75) is 69.6 Å². The van der Waals surface area contributed by atoms with Crippen molar-refractivity contribution in [3.05, 3.63) is 65.6 Å². The molecule has 4 amide bonds. The monoisotopic (exact) mass is 621 g/mol. The standard InChI is InChI=1S/C34H35N7O5/c35-16-20(29-18-38-27-8-6-24(15-28(27)39-29)46-23-4-5-23)17-37-22-12-19(13-22)2-1-11-36-21-3-7-25-26(14-21)34(45)41(33(25)44)30-9-10-31(42)40-32(30)43/h3,6-8,14-19,22-23,30,36H,1-2,4-5,9-13,35H2,(H,40,42,43). The molecule has 12 heteroatoms. The highest BCUT2D eigenvalue weighted by molar-refractivity contribution is 6.23. The van der Waals surface area contributed by atoms with Gasteiger partial charge in [-0.25, -0.2) is 4.98 Å². The zero-order chi connectivity index (χ0) is 31.8. The van der Waals surface area contributed by atoms with Gasteiger partial charge in [0, 0.05) is 42.7 Å². The third-order valence-corrected chi connectivity index (χ3v) is 9.01. The fourth-order valence-corrected chi connectivity index (χ4v) is 6.22. The van der Waals surface area contributed by atoms with E-state index >= 15 is 0 Å². The molecular formula is C34H35N7O5. The van der Waals surface area contributed by atoms with Gasteiger partial charge in [-0.15, -0.1) is 0 Å². The SMILES string of the molecule is NC=C(C=NC1CC(CCCNc2ccc3c(c2)C(=O)N(C2CCC(=O)NC2=O)C3=O)C1)c1cnc2ccc(OC3CC3)cc2n1. The third kappa shape index (κ3) is 6.07. The number of hydrogen-bond acceptors (Lipinski definition) is 10. The van der Waals surface area contributed by atoms with Gasteiger partial charge >= 0.3 is 0 Å². The number of aliphatic imine (C=N–C) groups is 1. The van der Waals surface area contributed by atoms with Crippen LogP contribution >= 0.6 is 0 Å². The topological polar surface area (TPSA) is 169 Å². The lowest BCUT2D eigenvalue weighted by atomic mass is 9.78. The number of fused-ring (bicyclic) bond motifs is 2. The summed E-state index contributed by atoms with van der Waals surface area (Å²) in [6, 6.07) is 10.1. The largest absolute Gasteiger partial charge is 0.490 e. The van der Waals surface area contributed by atoms with Gasteiger partial charge < -0.3 is 15.8 Å². The summed E-state index contributed by atoms with van der Waals surface area (Å²) in [6.07, 6.45) is 11.8. The van der Waals surface area contributed by atoms with Crippen molar-refractivity contribution in [1.82, 2.24) is 20.2 Å². The van der Waals surface area contributed by atoms with E-state index in [1.165, 1.54) is 6.20 Å². The van der Waals surface area contributed by atoms with Gasteiger partial charge in [-0.05, 0) is 81.2 Å². The number of benzene rings is 2. The highest BCUT2D eigenvalue weighted by Gasteiger charge is 2.44. The molecule has 1 aromatic heterocycles. The van der Waals surface area contributed by atoms with E-state index in [4.69, 9.17) is 20.4 Å². The second-order valence-corrected chi connectivity index (χ2v) is 12.4. The van der Waals surface area contributed by atoms with Crippen LogP contribution in [0.15, 0.2) is 53.8 Å². The Kier molecular flexibility index (Phi) is 7.93. The summed E-state index contributed by atoms with van der Waals surface area (Å²) in [5.41, 5.74) is 10.2. The number of amides is 4. The number of ether oxygens (including phenoxy) is 1. The smallest absolute Gasteiger partial charge is 0.262 e. The van der Waals surface area contributed by atoms with Crippen LogP contribution in [0.5, 0.6) is 5.75 Å². The molecule has 1 unspecified atom stereocenters. The summed E-state index contributed by atoms with van der Waals surface area (Å²) in [6.45, 7) is 0.719. The highest BCUT2D eigenvalue weighted by Crippen LogP contribution is 2.34. The van der Waals surface area contributed by atoms with Gasteiger partial charge in [0.2, 0.25) is 11.8 Å². The number of carbonyl (C=O) groups is 4. The minimum atomic E-state index is -0.970. The maximum absolute atomic E-state index is 13.1. The van der Waals surface area contributed by atoms with Crippen molar-refractivity contribution >= 4 is 52.1 Å². The Balaban J connectivity index is 0.867. The number of nitrogens with zero attached hydrogens (tertiary/aromatic N) is 4. The van der Waals surface area contributed by atoms with Crippen LogP contribution in [-0.2, 0) is 9.59 Å². The van der Waals surface area contributed by atoms with Crippen LogP contribution in [0.1, 0.15) is 77.8 Å². The molecule has 2 aliphatic carbocycles. The molecule has 0 spiro atoms. The average Bonchev–Trinajstić information content (AvgIpc) is 3.82. The van der Waals surface area contributed by atoms with E-state index in [9.17, 15) is 19.2 Å². The summed E-state index contributed by atoms with van der Waals surface area (Å²) in [7, 11) is 0. The minimum Gasteiger partial charge on any atom is -0.490 e. The number of carbonyl (C=O) groups excluding carboxylic acids is 4. The molecule has 4 aliphatic rings. The zero-order valence-electron chi connectivity index (χ0n) is 25.3. The number of imide groups is 2. The summed E-state index contributed by atoms with van der Waals surface area (Å²) in [5, 5.41) is 5.57. The van der Waals surface area contributed by atoms with Gasteiger partial charge in [0.15, 0.2) is 0 Å². The Morgan fingerprint density at radius 1 is 1.04 bits per heavy atom. The van der Waals surface area contributed by atoms with Crippen LogP contribution in [0.25, 0.3) is 16.6 Å². The quantitative estimate of drug-likeness (QED) is 0.164. The van der Waals surface area contributed by atoms with Crippen molar-refractivity contribution in [3.63, 3.8) is 0 Å². The molecular weight excluding hydrogens is 586 g/mol. The normalized spacial score (nSPS) is 23.1. The molecule has 1 saturated heterocycles. The number of nitrogens with one attached hydrogen (secondary N) is 2. The molecule has 2 aliphatic heterocycles. The van der Waals surface area contributed by atoms with E-state index in [0.29, 0.717) is 17.7 Å². The second kappa shape index (κ2) is 12.3. The van der Waals surface area contributed by atoms with Crippen molar-refractivity contribution in [2.24, 2.45) is 16.6 Å². The molecule has 2 saturated carbocycles. The number of anilines is 1. The Bertz CT molecular complexity index is 1790. The van der Waals surface area contributed by atoms with E-state index < -0.39 is 29.7 Å². The van der Waals surface area contributed by atoms with Gasteiger partial charge in [0.1, 0.15) is 11.8 Å². The summed E-state index contributed by atoms with van der Waals surface area (Å²) >= 11 is 0. The van der Waals surface area contributed by atoms with Crippen molar-refractivity contribution in [2.75, 3.05) is 11.9 Å². The maximum Gasteiger partial charge on any atom is 0.262 e. The van der Waals surface area contributed by atoms with Crippen LogP contribution < -0.4 is 21.1 Å². The van der Waals surface area contributed by atoms with E-state index in [2.05, 4.69) is 15.6 Å². The predicted molar refractivity (Wildman–Crippen MR) is 171 cm³/mol. The Morgan fingerprint density at radius 3 is 2.65 bits per heavy atom. The average molecular weight is 622 g/mol. The number of piperidine rings is 1. The molecule has 2 aromatic carbocycles. The molecule has 1 atom stereocenters. The second-order valence-electron chi connectivity index (χ2n) is 12.4. The summed E-state index contributed by atoms with van der Waals surface area (Å²) in [4.78, 5) is 64.8. The summed E-state index contributed by atoms with van der Waals surface area (Å²) in [5.74, 6) is -0.630. The predicted octanol–water partition coefficient (Wildman–Crippen LogP) is 3.61. The van der Waals surface area contributed by atoms with Gasteiger partial charge in [0.05, 0.1) is 46.2 Å². The first-order valence-electron chi connectivity index (χ1n) is 15.8. The summed E-state index contributed by atoms with van der Waals surface area (Å²) < 4.78 is 5.90. The van der Waals surface area contributed by atoms with E-state index in [1.54, 1.807) is 30.6 Å². The molecule has 0 bridgehead atoms. The van der Waals surface area contributed by atoms with Gasteiger partial charge in [0.25, 0.3) is 11.8 Å². The number of rotatable bonds is 11. The van der Waals surface area contributed by atoms with E-state index in [0.717, 1.165) is 78.0 Å². The van der Waals surface area contributed by atoms with Crippen molar-refractivity contribution < 1.29 is 23.9 Å². The fourth-order valence-electron chi connectivity index (χ4n) is 6.22. The van der Waals surface area contributed by atoms with Gasteiger partial charge in [-0.2, -0.15) is 0 Å². The van der Waals surface area contributed by atoms with Crippen molar-refractivity contribution in [1.29, 1.82) is 0 Å². The van der Waals surface area contributed by atoms with Crippen LogP contribution in [-0.4, -0.2) is 69.4 Å². The fraction of sp³-hybridized carbons (Fsp3) is 0.382. The van der Waals surface area contributed by atoms with E-state index in [1.807, 2.05) is 18.2 Å². The van der Waals surface area contributed by atoms with Crippen LogP contribution in [0.2, 0.25) is 0 Å². The first kappa shape index (κ1) is 29.6. The molecule has 236 valence electrons. The number of nitrogens with two attached hydrogens (primary N) is 1. The molecule has 3 heterocycles. The van der Waals surface area contributed by atoms with Gasteiger partial charge in [-0.3, -0.25) is 39.4 Å². The molecule has 4 N–H and O–H groups in total. The molecule has 46 heavy (non-hydrogen) atoms. The van der Waals surface area contributed by atoms with Crippen LogP contribution in [0, 0.1) is 5.92 Å². The Labute approximate surface area is 265 Å². The molecule has 7 rings (SSSR count). The highest BCUT2D eigenvalue weighted by atomic mass is 16.5. The molecule has 3 aromatic rings. The molecule has 0 radical (unpaired) electrons. The van der Waals surface area contributed by atoms with Gasteiger partial charge in [-0.1, -0.05) is 0 Å². The first-order valence-corrected chi connectivity index (χ1v) is 15.8. The number of hydrogen-bond donors (Lipinski definition) is 3.